The van der Waals surface area contributed by atoms with Crippen molar-refractivity contribution in [2.24, 2.45) is 0 Å². The van der Waals surface area contributed by atoms with E-state index in [1.165, 1.54) is 8.61 Å². The number of anilines is 1. The molecule has 0 amide bonds. The van der Waals surface area contributed by atoms with Gasteiger partial charge in [-0.15, -0.1) is 0 Å². The number of aromatic amines is 1. The maximum atomic E-state index is 12.3. The van der Waals surface area contributed by atoms with Crippen molar-refractivity contribution in [3.8, 4) is 11.1 Å². The van der Waals surface area contributed by atoms with Crippen molar-refractivity contribution in [1.29, 1.82) is 0 Å². The van der Waals surface area contributed by atoms with Gasteiger partial charge in [-0.1, -0.05) is 6.07 Å². The van der Waals surface area contributed by atoms with Gasteiger partial charge in [0.25, 0.3) is 10.2 Å². The van der Waals surface area contributed by atoms with Crippen molar-refractivity contribution in [3.05, 3.63) is 36.9 Å². The fraction of sp³-hybridized carbons (Fsp3) is 0.353. The van der Waals surface area contributed by atoms with Gasteiger partial charge in [-0.2, -0.15) is 22.1 Å². The van der Waals surface area contributed by atoms with Gasteiger partial charge in [0.2, 0.25) is 0 Å². The number of benzene rings is 1. The number of hydrogen-bond acceptors (Lipinski definition) is 6. The lowest BCUT2D eigenvalue weighted by Gasteiger charge is -2.36. The van der Waals surface area contributed by atoms with E-state index in [1.54, 1.807) is 26.6 Å². The predicted molar refractivity (Wildman–Crippen MR) is 104 cm³/mol. The maximum absolute atomic E-state index is 12.3. The van der Waals surface area contributed by atoms with Crippen LogP contribution < -0.4 is 4.90 Å². The highest BCUT2D eigenvalue weighted by molar-refractivity contribution is 7.86. The number of aromatic nitrogens is 4. The number of piperazine rings is 1. The molecule has 9 nitrogen and oxygen atoms in total. The van der Waals surface area contributed by atoms with Crippen LogP contribution in [0.15, 0.2) is 36.9 Å². The van der Waals surface area contributed by atoms with Crippen LogP contribution in [0.5, 0.6) is 0 Å². The van der Waals surface area contributed by atoms with Crippen molar-refractivity contribution in [2.75, 3.05) is 45.2 Å². The highest BCUT2D eigenvalue weighted by Crippen LogP contribution is 2.29. The topological polar surface area (TPSA) is 98.3 Å². The number of nitrogens with one attached hydrogen (secondary N) is 1. The summed E-state index contributed by atoms with van der Waals surface area (Å²) in [6, 6.07) is 6.03. The second kappa shape index (κ2) is 6.87. The molecule has 3 heterocycles. The van der Waals surface area contributed by atoms with Gasteiger partial charge >= 0.3 is 0 Å². The van der Waals surface area contributed by atoms with E-state index in [0.717, 1.165) is 27.8 Å². The third-order valence-electron chi connectivity index (χ3n) is 4.77. The van der Waals surface area contributed by atoms with Crippen molar-refractivity contribution < 1.29 is 8.42 Å². The Morgan fingerprint density at radius 3 is 2.52 bits per heavy atom. The first kappa shape index (κ1) is 17.8. The fourth-order valence-corrected chi connectivity index (χ4v) is 4.33. The number of hydrogen-bond donors (Lipinski definition) is 1. The third kappa shape index (κ3) is 3.27. The van der Waals surface area contributed by atoms with Gasteiger partial charge in [-0.05, 0) is 17.7 Å². The molecule has 10 heteroatoms. The Bertz CT molecular complexity index is 1040. The minimum Gasteiger partial charge on any atom is -0.353 e. The first-order chi connectivity index (χ1) is 13.0. The summed E-state index contributed by atoms with van der Waals surface area (Å²) in [5.41, 5.74) is 2.88. The van der Waals surface area contributed by atoms with E-state index in [4.69, 9.17) is 0 Å². The smallest absolute Gasteiger partial charge is 0.281 e. The van der Waals surface area contributed by atoms with Crippen LogP contribution in [-0.2, 0) is 10.2 Å². The van der Waals surface area contributed by atoms with E-state index >= 15 is 0 Å². The first-order valence-electron chi connectivity index (χ1n) is 8.63. The Morgan fingerprint density at radius 2 is 1.85 bits per heavy atom. The summed E-state index contributed by atoms with van der Waals surface area (Å²) < 4.78 is 27.4. The summed E-state index contributed by atoms with van der Waals surface area (Å²) in [4.78, 5) is 11.0. The van der Waals surface area contributed by atoms with E-state index < -0.39 is 10.2 Å². The monoisotopic (exact) mass is 387 g/mol. The summed E-state index contributed by atoms with van der Waals surface area (Å²) in [5, 5.41) is 7.77. The molecule has 0 bridgehead atoms. The van der Waals surface area contributed by atoms with Gasteiger partial charge in [0.1, 0.15) is 12.1 Å². The lowest BCUT2D eigenvalue weighted by atomic mass is 10.1. The molecule has 142 valence electrons. The Hall–Kier alpha value is -2.56. The van der Waals surface area contributed by atoms with Gasteiger partial charge in [-0.25, -0.2) is 9.97 Å². The van der Waals surface area contributed by atoms with Crippen molar-refractivity contribution >= 4 is 26.9 Å². The van der Waals surface area contributed by atoms with Crippen LogP contribution in [0.3, 0.4) is 0 Å². The summed E-state index contributed by atoms with van der Waals surface area (Å²) >= 11 is 0. The largest absolute Gasteiger partial charge is 0.353 e. The Balaban J connectivity index is 1.64. The van der Waals surface area contributed by atoms with E-state index in [9.17, 15) is 8.42 Å². The zero-order chi connectivity index (χ0) is 19.0. The molecule has 3 aromatic rings. The van der Waals surface area contributed by atoms with Crippen LogP contribution in [0, 0.1) is 0 Å². The molecule has 1 fully saturated rings. The number of rotatable bonds is 4. The minimum absolute atomic E-state index is 0.424. The second-order valence-corrected chi connectivity index (χ2v) is 8.73. The van der Waals surface area contributed by atoms with Crippen molar-refractivity contribution in [3.63, 3.8) is 0 Å². The Labute approximate surface area is 157 Å². The standard InChI is InChI=1S/C17H21N7O2S/c1-22(2)27(25,26)24-7-5-23(6-8-24)17-15-9-13(14-10-20-21-11-14)3-4-16(15)18-12-19-17/h3-4,9-12H,5-8H2,1-2H3,(H,20,21). The lowest BCUT2D eigenvalue weighted by molar-refractivity contribution is 0.355. The molecule has 0 saturated carbocycles. The molecule has 0 aliphatic carbocycles. The maximum Gasteiger partial charge on any atom is 0.281 e. The van der Waals surface area contributed by atoms with Crippen molar-refractivity contribution in [1.82, 2.24) is 28.8 Å². The van der Waals surface area contributed by atoms with Crippen LogP contribution in [0.25, 0.3) is 22.0 Å². The molecule has 27 heavy (non-hydrogen) atoms. The molecule has 4 rings (SSSR count). The summed E-state index contributed by atoms with van der Waals surface area (Å²) in [7, 11) is -0.282. The SMILES string of the molecule is CN(C)S(=O)(=O)N1CCN(c2ncnc3ccc(-c4cn[nH]c4)cc23)CC1. The van der Waals surface area contributed by atoms with E-state index in [-0.39, 0.29) is 0 Å². The molecule has 0 spiro atoms. The molecule has 2 aromatic heterocycles. The second-order valence-electron chi connectivity index (χ2n) is 6.59. The third-order valence-corrected chi connectivity index (χ3v) is 6.71. The Kier molecular flexibility index (Phi) is 4.54. The van der Waals surface area contributed by atoms with E-state index in [2.05, 4.69) is 31.1 Å². The van der Waals surface area contributed by atoms with Gasteiger partial charge in [0.15, 0.2) is 0 Å². The average molecular weight is 387 g/mol. The van der Waals surface area contributed by atoms with Crippen molar-refractivity contribution in [2.45, 2.75) is 0 Å². The van der Waals surface area contributed by atoms with E-state index in [0.29, 0.717) is 26.2 Å². The molecule has 0 atom stereocenters. The van der Waals surface area contributed by atoms with Crippen LogP contribution in [0.4, 0.5) is 5.82 Å². The highest BCUT2D eigenvalue weighted by Gasteiger charge is 2.29. The van der Waals surface area contributed by atoms with Gasteiger partial charge in [0.05, 0.1) is 11.7 Å². The average Bonchev–Trinajstić information content (AvgIpc) is 3.22. The van der Waals surface area contributed by atoms with Crippen LogP contribution in [0.2, 0.25) is 0 Å². The fourth-order valence-electron chi connectivity index (χ4n) is 3.24. The zero-order valence-corrected chi connectivity index (χ0v) is 16.0. The minimum atomic E-state index is -3.39. The first-order valence-corrected chi connectivity index (χ1v) is 10.0. The van der Waals surface area contributed by atoms with Gasteiger partial charge in [-0.3, -0.25) is 5.10 Å². The van der Waals surface area contributed by atoms with Gasteiger partial charge < -0.3 is 4.90 Å². The molecule has 1 saturated heterocycles. The molecular formula is C17H21N7O2S. The van der Waals surface area contributed by atoms with Crippen LogP contribution in [-0.4, -0.2) is 77.5 Å². The van der Waals surface area contributed by atoms with Crippen LogP contribution >= 0.6 is 0 Å². The normalized spacial score (nSPS) is 16.3. The lowest BCUT2D eigenvalue weighted by Crippen LogP contribution is -2.51. The predicted octanol–water partition coefficient (Wildman–Crippen LogP) is 0.948. The van der Waals surface area contributed by atoms with Gasteiger partial charge in [0, 0.05) is 57.4 Å². The number of nitrogens with zero attached hydrogens (tertiary/aromatic N) is 6. The number of H-pyrrole nitrogens is 1. The molecule has 1 N–H and O–H groups in total. The van der Waals surface area contributed by atoms with E-state index in [1.807, 2.05) is 18.3 Å². The van der Waals surface area contributed by atoms with Crippen LogP contribution in [0.1, 0.15) is 0 Å². The Morgan fingerprint density at radius 1 is 1.07 bits per heavy atom. The summed E-state index contributed by atoms with van der Waals surface area (Å²) in [6.07, 6.45) is 5.17. The summed E-state index contributed by atoms with van der Waals surface area (Å²) in [5.74, 6) is 0.826. The molecular weight excluding hydrogens is 366 g/mol. The quantitative estimate of drug-likeness (QED) is 0.716. The zero-order valence-electron chi connectivity index (χ0n) is 15.2. The number of fused-ring (bicyclic) bond motifs is 1. The highest BCUT2D eigenvalue weighted by atomic mass is 32.2. The molecule has 1 aliphatic rings. The molecule has 0 radical (unpaired) electrons. The molecule has 0 unspecified atom stereocenters. The molecule has 1 aliphatic heterocycles. The molecule has 1 aromatic carbocycles. The summed E-state index contributed by atoms with van der Waals surface area (Å²) in [6.45, 7) is 2.01.